The predicted octanol–water partition coefficient (Wildman–Crippen LogP) is 1.45. The van der Waals surface area contributed by atoms with Crippen molar-refractivity contribution in [3.8, 4) is 11.8 Å². The minimum Gasteiger partial charge on any atom is -0.367 e. The highest BCUT2D eigenvalue weighted by Gasteiger charge is 2.36. The van der Waals surface area contributed by atoms with Crippen molar-refractivity contribution in [2.24, 2.45) is 0 Å². The van der Waals surface area contributed by atoms with Crippen LogP contribution >= 0.6 is 0 Å². The molecule has 1 fully saturated rings. The van der Waals surface area contributed by atoms with E-state index < -0.39 is 6.23 Å². The fourth-order valence-corrected chi connectivity index (χ4v) is 1.61. The average Bonchev–Trinajstić information content (AvgIpc) is 3.06. The number of hydrogen-bond donors (Lipinski definition) is 1. The van der Waals surface area contributed by atoms with Crippen molar-refractivity contribution in [3.63, 3.8) is 0 Å². The van der Waals surface area contributed by atoms with Gasteiger partial charge in [0.15, 0.2) is 6.23 Å². The summed E-state index contributed by atoms with van der Waals surface area (Å²) < 4.78 is 0. The lowest BCUT2D eigenvalue weighted by Crippen LogP contribution is -2.17. The number of aliphatic hydroxyl groups excluding tert-OH is 1. The lowest BCUT2D eigenvalue weighted by atomic mass is 10.2. The van der Waals surface area contributed by atoms with Crippen molar-refractivity contribution in [1.29, 1.82) is 0 Å². The van der Waals surface area contributed by atoms with E-state index in [4.69, 9.17) is 0 Å². The summed E-state index contributed by atoms with van der Waals surface area (Å²) in [5.41, 5.74) is 0.950. The second-order valence-electron chi connectivity index (χ2n) is 3.77. The van der Waals surface area contributed by atoms with Gasteiger partial charge in [0, 0.05) is 18.2 Å². The van der Waals surface area contributed by atoms with Crippen molar-refractivity contribution in [2.45, 2.75) is 25.6 Å². The third-order valence-corrected chi connectivity index (χ3v) is 2.66. The maximum absolute atomic E-state index is 9.70. The first-order valence-electron chi connectivity index (χ1n) is 5.31. The molecule has 0 saturated carbocycles. The maximum atomic E-state index is 9.70. The van der Waals surface area contributed by atoms with Crippen LogP contribution in [0.4, 0.5) is 0 Å². The Balaban J connectivity index is 1.95. The van der Waals surface area contributed by atoms with E-state index >= 15 is 0 Å². The van der Waals surface area contributed by atoms with E-state index in [1.807, 2.05) is 35.2 Å². The molecule has 1 aromatic rings. The van der Waals surface area contributed by atoms with E-state index in [1.54, 1.807) is 0 Å². The summed E-state index contributed by atoms with van der Waals surface area (Å²) in [5.74, 6) is 5.83. The van der Waals surface area contributed by atoms with Crippen molar-refractivity contribution >= 4 is 0 Å². The van der Waals surface area contributed by atoms with Crippen LogP contribution in [0.15, 0.2) is 30.3 Å². The van der Waals surface area contributed by atoms with E-state index in [9.17, 15) is 5.11 Å². The van der Waals surface area contributed by atoms with Crippen LogP contribution < -0.4 is 0 Å². The summed E-state index contributed by atoms with van der Waals surface area (Å²) in [5, 5.41) is 9.70. The van der Waals surface area contributed by atoms with Gasteiger partial charge in [-0.25, -0.2) is 0 Å². The average molecular weight is 201 g/mol. The number of benzene rings is 1. The largest absolute Gasteiger partial charge is 0.367 e. The molecule has 0 aromatic heterocycles. The fraction of sp³-hybridized carbons (Fsp3) is 0.385. The van der Waals surface area contributed by atoms with Crippen molar-refractivity contribution in [2.75, 3.05) is 6.54 Å². The van der Waals surface area contributed by atoms with Crippen LogP contribution in [0.1, 0.15) is 18.9 Å². The molecule has 1 heterocycles. The van der Waals surface area contributed by atoms with E-state index in [1.165, 1.54) is 0 Å². The molecule has 1 aliphatic rings. The molecule has 2 heteroatoms. The number of aliphatic hydroxyl groups is 1. The SMILES string of the molecule is CCC1CN1C(O)C#Cc1ccccc1. The molecule has 1 N–H and O–H groups in total. The first-order valence-corrected chi connectivity index (χ1v) is 5.31. The van der Waals surface area contributed by atoms with Gasteiger partial charge in [0.1, 0.15) is 0 Å². The fourth-order valence-electron chi connectivity index (χ4n) is 1.61. The van der Waals surface area contributed by atoms with Gasteiger partial charge >= 0.3 is 0 Å². The van der Waals surface area contributed by atoms with Crippen LogP contribution in [-0.4, -0.2) is 28.8 Å². The predicted molar refractivity (Wildman–Crippen MR) is 60.1 cm³/mol. The molecule has 0 aliphatic carbocycles. The summed E-state index contributed by atoms with van der Waals surface area (Å²) in [6.45, 7) is 3.10. The molecule has 1 aromatic carbocycles. The van der Waals surface area contributed by atoms with Gasteiger partial charge in [0.2, 0.25) is 0 Å². The Morgan fingerprint density at radius 2 is 2.20 bits per heavy atom. The van der Waals surface area contributed by atoms with Crippen LogP contribution in [0.5, 0.6) is 0 Å². The summed E-state index contributed by atoms with van der Waals surface area (Å²) >= 11 is 0. The third-order valence-electron chi connectivity index (χ3n) is 2.66. The van der Waals surface area contributed by atoms with Crippen molar-refractivity contribution in [3.05, 3.63) is 35.9 Å². The molecule has 0 amide bonds. The molecular weight excluding hydrogens is 186 g/mol. The van der Waals surface area contributed by atoms with Crippen LogP contribution in [0.2, 0.25) is 0 Å². The summed E-state index contributed by atoms with van der Waals surface area (Å²) in [6.07, 6.45) is 0.486. The number of rotatable bonds is 2. The molecule has 78 valence electrons. The van der Waals surface area contributed by atoms with Crippen molar-refractivity contribution in [1.82, 2.24) is 4.90 Å². The molecule has 1 saturated heterocycles. The van der Waals surface area contributed by atoms with E-state index in [2.05, 4.69) is 18.8 Å². The molecule has 15 heavy (non-hydrogen) atoms. The highest BCUT2D eigenvalue weighted by molar-refractivity contribution is 5.34. The summed E-state index contributed by atoms with van der Waals surface area (Å²) in [6, 6.07) is 10.3. The summed E-state index contributed by atoms with van der Waals surface area (Å²) in [4.78, 5) is 2.00. The molecule has 3 unspecified atom stereocenters. The van der Waals surface area contributed by atoms with E-state index in [0.29, 0.717) is 6.04 Å². The molecule has 2 nitrogen and oxygen atoms in total. The van der Waals surface area contributed by atoms with Crippen LogP contribution in [0.3, 0.4) is 0 Å². The second kappa shape index (κ2) is 4.48. The third kappa shape index (κ3) is 2.59. The molecule has 0 spiro atoms. The molecule has 2 rings (SSSR count). The van der Waals surface area contributed by atoms with E-state index in [0.717, 1.165) is 18.5 Å². The van der Waals surface area contributed by atoms with Gasteiger partial charge in [-0.15, -0.1) is 0 Å². The molecule has 1 aliphatic heterocycles. The summed E-state index contributed by atoms with van der Waals surface area (Å²) in [7, 11) is 0. The van der Waals surface area contributed by atoms with E-state index in [-0.39, 0.29) is 0 Å². The normalized spacial score (nSPS) is 25.2. The Kier molecular flexibility index (Phi) is 3.05. The first kappa shape index (κ1) is 10.2. The molecular formula is C13H15NO. The molecule has 3 atom stereocenters. The standard InChI is InChI=1S/C13H15NO/c1-2-12-10-14(12)13(15)9-8-11-6-4-3-5-7-11/h3-7,12-13,15H,2,10H2,1H3. The van der Waals surface area contributed by atoms with Crippen LogP contribution in [-0.2, 0) is 0 Å². The minimum atomic E-state index is -0.602. The molecule has 0 bridgehead atoms. The topological polar surface area (TPSA) is 23.2 Å². The number of nitrogens with zero attached hydrogens (tertiary/aromatic N) is 1. The maximum Gasteiger partial charge on any atom is 0.171 e. The first-order chi connectivity index (χ1) is 7.31. The van der Waals surface area contributed by atoms with Crippen LogP contribution in [0.25, 0.3) is 0 Å². The lowest BCUT2D eigenvalue weighted by molar-refractivity contribution is 0.126. The Bertz CT molecular complexity index is 377. The quantitative estimate of drug-likeness (QED) is 0.578. The highest BCUT2D eigenvalue weighted by atomic mass is 16.3. The van der Waals surface area contributed by atoms with Crippen LogP contribution in [0, 0.1) is 11.8 Å². The number of hydrogen-bond acceptors (Lipinski definition) is 2. The second-order valence-corrected chi connectivity index (χ2v) is 3.77. The zero-order chi connectivity index (χ0) is 10.7. The Labute approximate surface area is 90.5 Å². The Hall–Kier alpha value is -1.30. The highest BCUT2D eigenvalue weighted by Crippen LogP contribution is 2.22. The Morgan fingerprint density at radius 1 is 1.47 bits per heavy atom. The van der Waals surface area contributed by atoms with Gasteiger partial charge in [0.05, 0.1) is 0 Å². The van der Waals surface area contributed by atoms with Gasteiger partial charge < -0.3 is 5.11 Å². The Morgan fingerprint density at radius 3 is 2.80 bits per heavy atom. The van der Waals surface area contributed by atoms with Gasteiger partial charge in [-0.3, -0.25) is 4.90 Å². The smallest absolute Gasteiger partial charge is 0.171 e. The molecule has 0 radical (unpaired) electrons. The van der Waals surface area contributed by atoms with Gasteiger partial charge in [-0.1, -0.05) is 31.0 Å². The zero-order valence-electron chi connectivity index (χ0n) is 8.85. The van der Waals surface area contributed by atoms with Gasteiger partial charge in [0.25, 0.3) is 0 Å². The van der Waals surface area contributed by atoms with Gasteiger partial charge in [-0.05, 0) is 24.5 Å². The zero-order valence-corrected chi connectivity index (χ0v) is 8.85. The lowest BCUT2D eigenvalue weighted by Gasteiger charge is -2.03. The van der Waals surface area contributed by atoms with Crippen molar-refractivity contribution < 1.29 is 5.11 Å². The van der Waals surface area contributed by atoms with Gasteiger partial charge in [-0.2, -0.15) is 0 Å². The minimum absolute atomic E-state index is 0.532. The monoisotopic (exact) mass is 201 g/mol.